The summed E-state index contributed by atoms with van der Waals surface area (Å²) in [6, 6.07) is 8.33. The lowest BCUT2D eigenvalue weighted by Crippen LogP contribution is -1.83. The fourth-order valence-electron chi connectivity index (χ4n) is 1.79. The van der Waals surface area contributed by atoms with Crippen molar-refractivity contribution >= 4 is 34.0 Å². The smallest absolute Gasteiger partial charge is 0.149 e. The van der Waals surface area contributed by atoms with Crippen molar-refractivity contribution in [2.24, 2.45) is 0 Å². The molecule has 0 aliphatic carbocycles. The second-order valence-corrected chi connectivity index (χ2v) is 4.75. The number of nitrogens with zero attached hydrogens (tertiary/aromatic N) is 2. The van der Waals surface area contributed by atoms with Crippen molar-refractivity contribution in [2.75, 3.05) is 0 Å². The molecule has 3 aromatic rings. The van der Waals surface area contributed by atoms with Crippen LogP contribution in [0.25, 0.3) is 22.7 Å². The Bertz CT molecular complexity index is 794. The van der Waals surface area contributed by atoms with Gasteiger partial charge in [0.1, 0.15) is 17.7 Å². The van der Waals surface area contributed by atoms with Gasteiger partial charge in [-0.1, -0.05) is 0 Å². The maximum atomic E-state index is 13.1. The molecule has 3 nitrogen and oxygen atoms in total. The van der Waals surface area contributed by atoms with Crippen LogP contribution in [0.3, 0.4) is 0 Å². The largest absolute Gasteiger partial charge is 0.337 e. The summed E-state index contributed by atoms with van der Waals surface area (Å²) in [7, 11) is 0. The molecule has 0 spiro atoms. The lowest BCUT2D eigenvalue weighted by molar-refractivity contribution is 0.629. The third-order valence-corrected chi connectivity index (χ3v) is 3.38. The van der Waals surface area contributed by atoms with E-state index in [0.717, 1.165) is 5.56 Å². The molecule has 19 heavy (non-hydrogen) atoms. The van der Waals surface area contributed by atoms with Crippen LogP contribution in [0.2, 0.25) is 0 Å². The number of fused-ring (bicyclic) bond motifs is 1. The molecule has 0 aliphatic rings. The summed E-state index contributed by atoms with van der Waals surface area (Å²) >= 11 is 1.56. The minimum Gasteiger partial charge on any atom is -0.337 e. The molecule has 1 aromatic carbocycles. The van der Waals surface area contributed by atoms with E-state index in [2.05, 4.69) is 16.0 Å². The van der Waals surface area contributed by atoms with Crippen molar-refractivity contribution in [1.82, 2.24) is 9.97 Å². The molecule has 0 fully saturated rings. The van der Waals surface area contributed by atoms with Crippen molar-refractivity contribution in [2.45, 2.75) is 0 Å². The highest BCUT2D eigenvalue weighted by atomic mass is 32.1. The number of hydrogen-bond donors (Lipinski definition) is 1. The summed E-state index contributed by atoms with van der Waals surface area (Å²) in [5, 5.41) is 13.1. The SMILES string of the molecule is N#C/C(=C/c1ccsc1)c1nc2ccc(F)cc2[nH]1. The van der Waals surface area contributed by atoms with Gasteiger partial charge >= 0.3 is 0 Å². The van der Waals surface area contributed by atoms with E-state index in [0.29, 0.717) is 22.4 Å². The Morgan fingerprint density at radius 2 is 2.32 bits per heavy atom. The molecule has 0 saturated heterocycles. The van der Waals surface area contributed by atoms with Crippen LogP contribution in [0.4, 0.5) is 4.39 Å². The number of hydrogen-bond acceptors (Lipinski definition) is 3. The van der Waals surface area contributed by atoms with E-state index < -0.39 is 0 Å². The lowest BCUT2D eigenvalue weighted by atomic mass is 10.2. The van der Waals surface area contributed by atoms with Crippen molar-refractivity contribution in [3.63, 3.8) is 0 Å². The van der Waals surface area contributed by atoms with Crippen LogP contribution >= 0.6 is 11.3 Å². The molecule has 0 aliphatic heterocycles. The molecule has 0 saturated carbocycles. The number of halogens is 1. The van der Waals surface area contributed by atoms with Crippen LogP contribution in [-0.4, -0.2) is 9.97 Å². The van der Waals surface area contributed by atoms with Crippen LogP contribution in [0.1, 0.15) is 11.4 Å². The van der Waals surface area contributed by atoms with E-state index >= 15 is 0 Å². The lowest BCUT2D eigenvalue weighted by Gasteiger charge is -1.91. The van der Waals surface area contributed by atoms with E-state index in [1.807, 2.05) is 16.8 Å². The second kappa shape index (κ2) is 4.67. The number of nitriles is 1. The molecule has 0 atom stereocenters. The van der Waals surface area contributed by atoms with Crippen molar-refractivity contribution < 1.29 is 4.39 Å². The topological polar surface area (TPSA) is 52.5 Å². The molecular weight excluding hydrogens is 261 g/mol. The van der Waals surface area contributed by atoms with Gasteiger partial charge in [-0.25, -0.2) is 9.37 Å². The highest BCUT2D eigenvalue weighted by Gasteiger charge is 2.08. The predicted molar refractivity (Wildman–Crippen MR) is 73.9 cm³/mol. The fourth-order valence-corrected chi connectivity index (χ4v) is 2.40. The van der Waals surface area contributed by atoms with Crippen molar-refractivity contribution in [3.8, 4) is 6.07 Å². The normalized spacial score (nSPS) is 11.7. The summed E-state index contributed by atoms with van der Waals surface area (Å²) in [4.78, 5) is 7.26. The highest BCUT2D eigenvalue weighted by molar-refractivity contribution is 7.08. The third-order valence-electron chi connectivity index (χ3n) is 2.67. The second-order valence-electron chi connectivity index (χ2n) is 3.97. The molecule has 2 aromatic heterocycles. The first kappa shape index (κ1) is 11.6. The van der Waals surface area contributed by atoms with Gasteiger partial charge in [0, 0.05) is 0 Å². The Kier molecular flexibility index (Phi) is 2.86. The van der Waals surface area contributed by atoms with Gasteiger partial charge in [0.25, 0.3) is 0 Å². The number of H-pyrrole nitrogens is 1. The Labute approximate surface area is 112 Å². The number of thiophene rings is 1. The zero-order valence-corrected chi connectivity index (χ0v) is 10.5. The Morgan fingerprint density at radius 1 is 1.42 bits per heavy atom. The summed E-state index contributed by atoms with van der Waals surface area (Å²) < 4.78 is 13.1. The summed E-state index contributed by atoms with van der Waals surface area (Å²) in [5.41, 5.74) is 2.60. The molecule has 1 N–H and O–H groups in total. The van der Waals surface area contributed by atoms with Gasteiger partial charge in [0.2, 0.25) is 0 Å². The number of rotatable bonds is 2. The average Bonchev–Trinajstić information content (AvgIpc) is 3.03. The molecule has 3 rings (SSSR count). The number of aromatic amines is 1. The van der Waals surface area contributed by atoms with Crippen molar-refractivity contribution in [1.29, 1.82) is 5.26 Å². The number of nitrogens with one attached hydrogen (secondary N) is 1. The summed E-state index contributed by atoms with van der Waals surface area (Å²) in [6.07, 6.45) is 1.75. The molecule has 2 heterocycles. The third kappa shape index (κ3) is 2.26. The Balaban J connectivity index is 2.10. The van der Waals surface area contributed by atoms with Crippen LogP contribution in [0.15, 0.2) is 35.0 Å². The molecular formula is C14H8FN3S. The summed E-state index contributed by atoms with van der Waals surface area (Å²) in [6.45, 7) is 0. The first-order valence-electron chi connectivity index (χ1n) is 5.56. The van der Waals surface area contributed by atoms with Crippen molar-refractivity contribution in [3.05, 3.63) is 52.2 Å². The number of imidazole rings is 1. The van der Waals surface area contributed by atoms with Gasteiger partial charge in [0.05, 0.1) is 16.6 Å². The Hall–Kier alpha value is -2.45. The average molecular weight is 269 g/mol. The number of aromatic nitrogens is 2. The van der Waals surface area contributed by atoms with Crippen LogP contribution in [-0.2, 0) is 0 Å². The maximum absolute atomic E-state index is 13.1. The van der Waals surface area contributed by atoms with Crippen LogP contribution in [0, 0.1) is 17.1 Å². The van der Waals surface area contributed by atoms with E-state index in [9.17, 15) is 9.65 Å². The van der Waals surface area contributed by atoms with Gasteiger partial charge in [0.15, 0.2) is 0 Å². The maximum Gasteiger partial charge on any atom is 0.149 e. The quantitative estimate of drug-likeness (QED) is 0.719. The number of allylic oxidation sites excluding steroid dienone is 1. The minimum atomic E-state index is -0.331. The molecule has 0 unspecified atom stereocenters. The minimum absolute atomic E-state index is 0.331. The highest BCUT2D eigenvalue weighted by Crippen LogP contribution is 2.20. The fraction of sp³-hybridized carbons (Fsp3) is 0. The van der Waals surface area contributed by atoms with Gasteiger partial charge in [-0.15, -0.1) is 0 Å². The van der Waals surface area contributed by atoms with Gasteiger partial charge in [-0.05, 0) is 46.7 Å². The molecule has 92 valence electrons. The first-order chi connectivity index (χ1) is 9.26. The standard InChI is InChI=1S/C14H8FN3S/c15-11-1-2-12-13(6-11)18-14(17-12)10(7-16)5-9-3-4-19-8-9/h1-6,8H,(H,17,18)/b10-5-. The van der Waals surface area contributed by atoms with E-state index in [1.165, 1.54) is 12.1 Å². The molecule has 5 heteroatoms. The van der Waals surface area contributed by atoms with Crippen LogP contribution < -0.4 is 0 Å². The molecule has 0 bridgehead atoms. The zero-order valence-electron chi connectivity index (χ0n) is 9.72. The van der Waals surface area contributed by atoms with Gasteiger partial charge in [-0.2, -0.15) is 16.6 Å². The number of benzene rings is 1. The monoisotopic (exact) mass is 269 g/mol. The first-order valence-corrected chi connectivity index (χ1v) is 6.50. The Morgan fingerprint density at radius 3 is 3.05 bits per heavy atom. The zero-order chi connectivity index (χ0) is 13.2. The summed E-state index contributed by atoms with van der Waals surface area (Å²) in [5.74, 6) is 0.123. The predicted octanol–water partition coefficient (Wildman–Crippen LogP) is 3.83. The van der Waals surface area contributed by atoms with Gasteiger partial charge in [-0.3, -0.25) is 0 Å². The van der Waals surface area contributed by atoms with E-state index in [-0.39, 0.29) is 5.82 Å². The van der Waals surface area contributed by atoms with Crippen LogP contribution in [0.5, 0.6) is 0 Å². The molecule has 0 amide bonds. The molecule has 0 radical (unpaired) electrons. The van der Waals surface area contributed by atoms with E-state index in [4.69, 9.17) is 0 Å². The van der Waals surface area contributed by atoms with Gasteiger partial charge < -0.3 is 4.98 Å². The van der Waals surface area contributed by atoms with E-state index in [1.54, 1.807) is 23.5 Å².